The van der Waals surface area contributed by atoms with Gasteiger partial charge >= 0.3 is 0 Å². The van der Waals surface area contributed by atoms with Crippen molar-refractivity contribution in [3.63, 3.8) is 0 Å². The molecule has 2 atom stereocenters. The Kier molecular flexibility index (Phi) is 5.28. The van der Waals surface area contributed by atoms with E-state index in [0.29, 0.717) is 23.2 Å². The van der Waals surface area contributed by atoms with Crippen LogP contribution in [0.4, 0.5) is 5.82 Å². The van der Waals surface area contributed by atoms with Crippen LogP contribution in [0.25, 0.3) is 16.6 Å². The zero-order chi connectivity index (χ0) is 19.1. The van der Waals surface area contributed by atoms with Crippen LogP contribution in [0, 0.1) is 11.3 Å². The average molecular weight is 413 g/mol. The fourth-order valence-corrected chi connectivity index (χ4v) is 4.09. The number of nitriles is 1. The number of rotatable bonds is 5. The maximum atomic E-state index is 9.65. The zero-order valence-corrected chi connectivity index (χ0v) is 16.5. The second-order valence-corrected chi connectivity index (χ2v) is 7.19. The highest BCUT2D eigenvalue weighted by atomic mass is 35.5. The first-order valence-electron chi connectivity index (χ1n) is 9.39. The number of hydrogen-bond donors (Lipinski definition) is 2. The summed E-state index contributed by atoms with van der Waals surface area (Å²) in [7, 11) is 0. The van der Waals surface area contributed by atoms with Crippen molar-refractivity contribution in [3.05, 3.63) is 42.2 Å². The van der Waals surface area contributed by atoms with Crippen LogP contribution >= 0.6 is 12.4 Å². The number of piperazine rings is 1. The van der Waals surface area contributed by atoms with Crippen molar-refractivity contribution in [2.45, 2.75) is 18.5 Å². The van der Waals surface area contributed by atoms with E-state index in [-0.39, 0.29) is 31.5 Å². The van der Waals surface area contributed by atoms with E-state index >= 15 is 0 Å². The molecule has 8 nitrogen and oxygen atoms in total. The van der Waals surface area contributed by atoms with Gasteiger partial charge in [-0.05, 0) is 24.6 Å². The van der Waals surface area contributed by atoms with Crippen LogP contribution in [-0.4, -0.2) is 58.1 Å². The number of halogens is 1. The number of ether oxygens (including phenoxy) is 1. The summed E-state index contributed by atoms with van der Waals surface area (Å²) < 4.78 is 7.07. The molecule has 6 rings (SSSR count). The van der Waals surface area contributed by atoms with Crippen molar-refractivity contribution in [1.82, 2.24) is 19.9 Å². The summed E-state index contributed by atoms with van der Waals surface area (Å²) >= 11 is 0. The van der Waals surface area contributed by atoms with Crippen LogP contribution in [0.1, 0.15) is 12.0 Å². The molecule has 0 saturated carbocycles. The van der Waals surface area contributed by atoms with Crippen LogP contribution < -0.4 is 15.0 Å². The Bertz CT molecular complexity index is 1050. The SMILES string of the molecule is Cl.N#Cc1c(OCCO)nn2cccc(-c3ccc(N4CC5CC(C4)N5)nc3)c12. The van der Waals surface area contributed by atoms with Crippen LogP contribution in [0.3, 0.4) is 0 Å². The van der Waals surface area contributed by atoms with E-state index in [1.54, 1.807) is 10.7 Å². The van der Waals surface area contributed by atoms with Gasteiger partial charge in [0.15, 0.2) is 0 Å². The van der Waals surface area contributed by atoms with E-state index in [1.165, 1.54) is 6.42 Å². The number of fused-ring (bicyclic) bond motifs is 3. The lowest BCUT2D eigenvalue weighted by Crippen LogP contribution is -2.67. The van der Waals surface area contributed by atoms with Crippen LogP contribution in [0.15, 0.2) is 36.7 Å². The highest BCUT2D eigenvalue weighted by Crippen LogP contribution is 2.32. The van der Waals surface area contributed by atoms with E-state index in [1.807, 2.05) is 30.5 Å². The molecule has 6 heterocycles. The van der Waals surface area contributed by atoms with Gasteiger partial charge in [-0.25, -0.2) is 9.50 Å². The Morgan fingerprint density at radius 1 is 1.28 bits per heavy atom. The number of aliphatic hydroxyl groups is 1. The molecule has 0 aliphatic carbocycles. The van der Waals surface area contributed by atoms with Gasteiger partial charge in [-0.3, -0.25) is 0 Å². The van der Waals surface area contributed by atoms with Crippen molar-refractivity contribution < 1.29 is 9.84 Å². The molecule has 2 bridgehead atoms. The quantitative estimate of drug-likeness (QED) is 0.656. The first-order valence-corrected chi connectivity index (χ1v) is 9.39. The van der Waals surface area contributed by atoms with Crippen molar-refractivity contribution in [3.8, 4) is 23.1 Å². The van der Waals surface area contributed by atoms with Crippen molar-refractivity contribution >= 4 is 23.7 Å². The fourth-order valence-electron chi connectivity index (χ4n) is 4.09. The Balaban J connectivity index is 0.00000205. The molecular formula is C20H21ClN6O2. The number of aromatic nitrogens is 3. The molecule has 3 aromatic rings. The van der Waals surface area contributed by atoms with Gasteiger partial charge in [-0.2, -0.15) is 5.26 Å². The first kappa shape index (κ1) is 19.5. The van der Waals surface area contributed by atoms with Gasteiger partial charge < -0.3 is 20.1 Å². The lowest BCUT2D eigenvalue weighted by atomic mass is 9.91. The molecule has 2 N–H and O–H groups in total. The summed E-state index contributed by atoms with van der Waals surface area (Å²) in [6, 6.07) is 11.2. The van der Waals surface area contributed by atoms with Crippen molar-refractivity contribution in [1.29, 1.82) is 5.26 Å². The smallest absolute Gasteiger partial charge is 0.252 e. The third-order valence-electron chi connectivity index (χ3n) is 5.37. The van der Waals surface area contributed by atoms with E-state index in [2.05, 4.69) is 26.4 Å². The lowest BCUT2D eigenvalue weighted by molar-refractivity contribution is 0.196. The van der Waals surface area contributed by atoms with Crippen molar-refractivity contribution in [2.24, 2.45) is 0 Å². The summed E-state index contributed by atoms with van der Waals surface area (Å²) in [5.74, 6) is 1.21. The highest BCUT2D eigenvalue weighted by molar-refractivity contribution is 5.86. The molecular weight excluding hydrogens is 392 g/mol. The van der Waals surface area contributed by atoms with E-state index < -0.39 is 0 Å². The normalized spacial score (nSPS) is 19.9. The summed E-state index contributed by atoms with van der Waals surface area (Å²) in [6.07, 6.45) is 4.89. The molecule has 0 radical (unpaired) electrons. The van der Waals surface area contributed by atoms with Gasteiger partial charge in [0, 0.05) is 48.7 Å². The van der Waals surface area contributed by atoms with E-state index in [4.69, 9.17) is 9.84 Å². The minimum absolute atomic E-state index is 0. The molecule has 0 amide bonds. The number of nitrogens with zero attached hydrogens (tertiary/aromatic N) is 5. The lowest BCUT2D eigenvalue weighted by Gasteiger charge is -2.48. The van der Waals surface area contributed by atoms with E-state index in [9.17, 15) is 5.26 Å². The predicted molar refractivity (Wildman–Crippen MR) is 111 cm³/mol. The second-order valence-electron chi connectivity index (χ2n) is 7.19. The van der Waals surface area contributed by atoms with Gasteiger partial charge in [0.2, 0.25) is 0 Å². The predicted octanol–water partition coefficient (Wildman–Crippen LogP) is 1.61. The maximum absolute atomic E-state index is 9.65. The molecule has 0 aromatic carbocycles. The van der Waals surface area contributed by atoms with Gasteiger partial charge in [0.1, 0.15) is 24.1 Å². The molecule has 2 unspecified atom stereocenters. The van der Waals surface area contributed by atoms with Gasteiger partial charge in [0.05, 0.1) is 12.1 Å². The summed E-state index contributed by atoms with van der Waals surface area (Å²) in [6.45, 7) is 1.94. The number of hydrogen-bond acceptors (Lipinski definition) is 7. The number of anilines is 1. The molecule has 9 heteroatoms. The van der Waals surface area contributed by atoms with E-state index in [0.717, 1.165) is 30.0 Å². The Hall–Kier alpha value is -2.86. The van der Waals surface area contributed by atoms with Crippen molar-refractivity contribution in [2.75, 3.05) is 31.2 Å². The zero-order valence-electron chi connectivity index (χ0n) is 15.7. The standard InChI is InChI=1S/C20H20N6O2.ClH/c21-9-17-19-16(2-1-5-26(19)24-20(17)28-7-6-27)13-3-4-18(22-10-13)25-11-14-8-15(12-25)23-14;/h1-5,10,14-15,23,27H,6-8,11-12H2;1H. The fraction of sp³-hybridized carbons (Fsp3) is 0.350. The maximum Gasteiger partial charge on any atom is 0.252 e. The molecule has 3 saturated heterocycles. The number of pyridine rings is 2. The monoisotopic (exact) mass is 412 g/mol. The Morgan fingerprint density at radius 2 is 2.07 bits per heavy atom. The molecule has 150 valence electrons. The molecule has 3 aliphatic rings. The van der Waals surface area contributed by atoms with Gasteiger partial charge in [-0.15, -0.1) is 17.5 Å². The number of aliphatic hydroxyl groups excluding tert-OH is 1. The topological polar surface area (TPSA) is 98.7 Å². The average Bonchev–Trinajstić information content (AvgIpc) is 3.09. The Morgan fingerprint density at radius 3 is 2.72 bits per heavy atom. The first-order chi connectivity index (χ1) is 13.8. The molecule has 29 heavy (non-hydrogen) atoms. The highest BCUT2D eigenvalue weighted by Gasteiger charge is 2.36. The summed E-state index contributed by atoms with van der Waals surface area (Å²) in [5.41, 5.74) is 2.82. The van der Waals surface area contributed by atoms with Gasteiger partial charge in [-0.1, -0.05) is 6.07 Å². The number of piperidine rings is 1. The van der Waals surface area contributed by atoms with Gasteiger partial charge in [0.25, 0.3) is 5.88 Å². The Labute approximate surface area is 174 Å². The minimum atomic E-state index is -0.134. The molecule has 3 aliphatic heterocycles. The molecule has 3 fully saturated rings. The second kappa shape index (κ2) is 7.87. The number of nitrogens with one attached hydrogen (secondary N) is 1. The molecule has 3 aromatic heterocycles. The van der Waals surface area contributed by atoms with Crippen LogP contribution in [-0.2, 0) is 0 Å². The summed E-state index contributed by atoms with van der Waals surface area (Å²) in [4.78, 5) is 6.99. The third kappa shape index (κ3) is 3.38. The third-order valence-corrected chi connectivity index (χ3v) is 5.37. The summed E-state index contributed by atoms with van der Waals surface area (Å²) in [5, 5.41) is 26.5. The minimum Gasteiger partial charge on any atom is -0.473 e. The van der Waals surface area contributed by atoms with Crippen LogP contribution in [0.2, 0.25) is 0 Å². The largest absolute Gasteiger partial charge is 0.473 e. The molecule has 0 spiro atoms. The van der Waals surface area contributed by atoms with Crippen LogP contribution in [0.5, 0.6) is 5.88 Å².